The van der Waals surface area contributed by atoms with Crippen LogP contribution >= 0.6 is 35.2 Å². The van der Waals surface area contributed by atoms with Gasteiger partial charge in [0.15, 0.2) is 5.11 Å². The second-order valence-electron chi connectivity index (χ2n) is 5.43. The number of thiophene rings is 1. The van der Waals surface area contributed by atoms with Crippen molar-refractivity contribution in [2.45, 2.75) is 13.5 Å². The van der Waals surface area contributed by atoms with Crippen LogP contribution in [0.2, 0.25) is 5.02 Å². The fourth-order valence-electron chi connectivity index (χ4n) is 2.74. The standard InChI is InChI=1S/C16H20ClN3S2/c1-2-18-16(21)20-9-7-19(8-10-20)11-14-15(17)12-5-3-4-6-13(12)22-14/h3-6H,2,7-11H2,1H3,(H,18,21). The maximum Gasteiger partial charge on any atom is 0.169 e. The SMILES string of the molecule is CCNC(=S)N1CCN(Cc2sc3ccccc3c2Cl)CC1. The Bertz CT molecular complexity index is 662. The molecular formula is C16H20ClN3S2. The van der Waals surface area contributed by atoms with Gasteiger partial charge < -0.3 is 10.2 Å². The molecule has 118 valence electrons. The van der Waals surface area contributed by atoms with Gasteiger partial charge in [-0.05, 0) is 25.2 Å². The van der Waals surface area contributed by atoms with Crippen molar-refractivity contribution in [3.05, 3.63) is 34.2 Å². The van der Waals surface area contributed by atoms with Crippen molar-refractivity contribution in [2.75, 3.05) is 32.7 Å². The molecule has 0 unspecified atom stereocenters. The zero-order chi connectivity index (χ0) is 15.5. The van der Waals surface area contributed by atoms with Gasteiger partial charge in [0.2, 0.25) is 0 Å². The van der Waals surface area contributed by atoms with Gasteiger partial charge in [-0.15, -0.1) is 11.3 Å². The van der Waals surface area contributed by atoms with E-state index in [1.807, 2.05) is 17.4 Å². The Morgan fingerprint density at radius 1 is 1.27 bits per heavy atom. The smallest absolute Gasteiger partial charge is 0.169 e. The van der Waals surface area contributed by atoms with Crippen LogP contribution in [0.3, 0.4) is 0 Å². The lowest BCUT2D eigenvalue weighted by molar-refractivity contribution is 0.176. The number of nitrogens with one attached hydrogen (secondary N) is 1. The minimum Gasteiger partial charge on any atom is -0.363 e. The predicted octanol–water partition coefficient (Wildman–Crippen LogP) is 3.57. The van der Waals surface area contributed by atoms with Gasteiger partial charge in [0, 0.05) is 54.2 Å². The molecule has 6 heteroatoms. The molecular weight excluding hydrogens is 334 g/mol. The minimum atomic E-state index is 0.877. The third kappa shape index (κ3) is 3.38. The largest absolute Gasteiger partial charge is 0.363 e. The quantitative estimate of drug-likeness (QED) is 0.850. The van der Waals surface area contributed by atoms with Gasteiger partial charge in [-0.25, -0.2) is 0 Å². The summed E-state index contributed by atoms with van der Waals surface area (Å²) in [5, 5.41) is 6.20. The molecule has 3 nitrogen and oxygen atoms in total. The lowest BCUT2D eigenvalue weighted by atomic mass is 10.2. The van der Waals surface area contributed by atoms with E-state index in [9.17, 15) is 0 Å². The van der Waals surface area contributed by atoms with Gasteiger partial charge in [0.05, 0.1) is 5.02 Å². The maximum atomic E-state index is 6.54. The van der Waals surface area contributed by atoms with Crippen LogP contribution in [0.25, 0.3) is 10.1 Å². The van der Waals surface area contributed by atoms with Gasteiger partial charge in [-0.1, -0.05) is 29.8 Å². The third-order valence-corrected chi connectivity index (χ3v) is 6.06. The first kappa shape index (κ1) is 16.0. The van der Waals surface area contributed by atoms with Crippen molar-refractivity contribution in [3.63, 3.8) is 0 Å². The second kappa shape index (κ2) is 7.13. The molecule has 0 atom stereocenters. The number of rotatable bonds is 3. The molecule has 2 heterocycles. The number of fused-ring (bicyclic) bond motifs is 1. The van der Waals surface area contributed by atoms with Gasteiger partial charge in [0.25, 0.3) is 0 Å². The summed E-state index contributed by atoms with van der Waals surface area (Å²) in [6.45, 7) is 7.90. The van der Waals surface area contributed by atoms with E-state index < -0.39 is 0 Å². The molecule has 1 N–H and O–H groups in total. The number of nitrogens with zero attached hydrogens (tertiary/aromatic N) is 2. The Kier molecular flexibility index (Phi) is 5.18. The normalized spacial score (nSPS) is 16.2. The van der Waals surface area contributed by atoms with Crippen molar-refractivity contribution in [2.24, 2.45) is 0 Å². The average Bonchev–Trinajstić information content (AvgIpc) is 2.85. The molecule has 1 fully saturated rings. The molecule has 1 saturated heterocycles. The Labute approximate surface area is 145 Å². The summed E-state index contributed by atoms with van der Waals surface area (Å²) < 4.78 is 1.27. The second-order valence-corrected chi connectivity index (χ2v) is 7.34. The zero-order valence-corrected chi connectivity index (χ0v) is 15.0. The van der Waals surface area contributed by atoms with Crippen molar-refractivity contribution in [1.29, 1.82) is 0 Å². The van der Waals surface area contributed by atoms with Gasteiger partial charge in [0.1, 0.15) is 0 Å². The molecule has 1 aliphatic heterocycles. The van der Waals surface area contributed by atoms with Gasteiger partial charge >= 0.3 is 0 Å². The summed E-state index contributed by atoms with van der Waals surface area (Å²) in [6, 6.07) is 8.36. The zero-order valence-electron chi connectivity index (χ0n) is 12.6. The molecule has 22 heavy (non-hydrogen) atoms. The van der Waals surface area contributed by atoms with E-state index in [0.717, 1.165) is 49.4 Å². The molecule has 1 aliphatic rings. The van der Waals surface area contributed by atoms with Crippen molar-refractivity contribution in [1.82, 2.24) is 15.1 Å². The van der Waals surface area contributed by atoms with Gasteiger partial charge in [-0.2, -0.15) is 0 Å². The lowest BCUT2D eigenvalue weighted by Gasteiger charge is -2.36. The van der Waals surface area contributed by atoms with Gasteiger partial charge in [-0.3, -0.25) is 4.90 Å². The number of benzene rings is 1. The number of hydrogen-bond acceptors (Lipinski definition) is 3. The molecule has 3 rings (SSSR count). The molecule has 2 aromatic rings. The maximum absolute atomic E-state index is 6.54. The average molecular weight is 354 g/mol. The highest BCUT2D eigenvalue weighted by molar-refractivity contribution is 7.80. The van der Waals surface area contributed by atoms with Crippen LogP contribution in [-0.2, 0) is 6.54 Å². The highest BCUT2D eigenvalue weighted by Crippen LogP contribution is 2.35. The Morgan fingerprint density at radius 2 is 2.00 bits per heavy atom. The van der Waals surface area contributed by atoms with Crippen LogP contribution in [-0.4, -0.2) is 47.6 Å². The van der Waals surface area contributed by atoms with Crippen molar-refractivity contribution >= 4 is 50.4 Å². The number of thiocarbonyl (C=S) groups is 1. The summed E-state index contributed by atoms with van der Waals surface area (Å²) in [5.41, 5.74) is 0. The monoisotopic (exact) mass is 353 g/mol. The summed E-state index contributed by atoms with van der Waals surface area (Å²) in [6.07, 6.45) is 0. The highest BCUT2D eigenvalue weighted by Gasteiger charge is 2.20. The summed E-state index contributed by atoms with van der Waals surface area (Å²) in [7, 11) is 0. The van der Waals surface area contributed by atoms with Crippen LogP contribution < -0.4 is 5.32 Å². The molecule has 0 aliphatic carbocycles. The summed E-state index contributed by atoms with van der Waals surface area (Å²) in [4.78, 5) is 5.98. The first-order valence-corrected chi connectivity index (χ1v) is 9.20. The first-order chi connectivity index (χ1) is 10.7. The van der Waals surface area contributed by atoms with E-state index in [1.165, 1.54) is 15.0 Å². The number of hydrogen-bond donors (Lipinski definition) is 1. The van der Waals surface area contributed by atoms with E-state index >= 15 is 0 Å². The Morgan fingerprint density at radius 3 is 2.68 bits per heavy atom. The summed E-state index contributed by atoms with van der Waals surface area (Å²) in [5.74, 6) is 0. The number of halogens is 1. The van der Waals surface area contributed by atoms with E-state index in [-0.39, 0.29) is 0 Å². The Hall–Kier alpha value is -0.880. The van der Waals surface area contributed by atoms with E-state index in [0.29, 0.717) is 0 Å². The molecule has 1 aromatic carbocycles. The fraction of sp³-hybridized carbons (Fsp3) is 0.438. The van der Waals surface area contributed by atoms with Crippen LogP contribution in [0.1, 0.15) is 11.8 Å². The number of piperazine rings is 1. The van der Waals surface area contributed by atoms with Crippen LogP contribution in [0, 0.1) is 0 Å². The Balaban J connectivity index is 1.62. The van der Waals surface area contributed by atoms with E-state index in [4.69, 9.17) is 23.8 Å². The topological polar surface area (TPSA) is 18.5 Å². The molecule has 0 radical (unpaired) electrons. The molecule has 0 spiro atoms. The highest BCUT2D eigenvalue weighted by atomic mass is 35.5. The van der Waals surface area contributed by atoms with Crippen LogP contribution in [0.15, 0.2) is 24.3 Å². The predicted molar refractivity (Wildman–Crippen MR) is 100.0 cm³/mol. The van der Waals surface area contributed by atoms with Crippen molar-refractivity contribution < 1.29 is 0 Å². The summed E-state index contributed by atoms with van der Waals surface area (Å²) >= 11 is 13.7. The lowest BCUT2D eigenvalue weighted by Crippen LogP contribution is -2.51. The fourth-order valence-corrected chi connectivity index (χ4v) is 4.60. The van der Waals surface area contributed by atoms with Crippen LogP contribution in [0.5, 0.6) is 0 Å². The molecule has 0 bridgehead atoms. The molecule has 0 amide bonds. The molecule has 1 aromatic heterocycles. The molecule has 0 saturated carbocycles. The van der Waals surface area contributed by atoms with E-state index in [1.54, 1.807) is 0 Å². The third-order valence-electron chi connectivity index (χ3n) is 3.96. The van der Waals surface area contributed by atoms with Crippen LogP contribution in [0.4, 0.5) is 0 Å². The van der Waals surface area contributed by atoms with Crippen molar-refractivity contribution in [3.8, 4) is 0 Å². The van der Waals surface area contributed by atoms with E-state index in [2.05, 4.69) is 40.2 Å². The first-order valence-electron chi connectivity index (χ1n) is 7.60. The minimum absolute atomic E-state index is 0.877.